The standard InChI is InChI=1S/C19H24O/c1-4-5-6-7-12-20-19-11-10-17-13-16(15(2)3)8-9-18(17)14-19/h8-11,13-14H,2,4-7,12H2,1,3H3. The first-order valence-electron chi connectivity index (χ1n) is 7.53. The van der Waals surface area contributed by atoms with Gasteiger partial charge < -0.3 is 4.74 Å². The zero-order valence-corrected chi connectivity index (χ0v) is 12.6. The fourth-order valence-corrected chi connectivity index (χ4v) is 2.30. The molecule has 0 aliphatic rings. The molecule has 1 heteroatoms. The first-order valence-corrected chi connectivity index (χ1v) is 7.53. The van der Waals surface area contributed by atoms with Crippen LogP contribution < -0.4 is 4.74 Å². The average molecular weight is 268 g/mol. The Kier molecular flexibility index (Phi) is 5.23. The van der Waals surface area contributed by atoms with E-state index in [-0.39, 0.29) is 0 Å². The van der Waals surface area contributed by atoms with Crippen LogP contribution in [0.2, 0.25) is 0 Å². The van der Waals surface area contributed by atoms with E-state index in [1.807, 2.05) is 6.92 Å². The van der Waals surface area contributed by atoms with Crippen molar-refractivity contribution in [2.24, 2.45) is 0 Å². The number of ether oxygens (including phenoxy) is 1. The summed E-state index contributed by atoms with van der Waals surface area (Å²) >= 11 is 0. The van der Waals surface area contributed by atoms with Crippen LogP contribution in [0.1, 0.15) is 45.1 Å². The van der Waals surface area contributed by atoms with Crippen molar-refractivity contribution in [2.75, 3.05) is 6.61 Å². The largest absolute Gasteiger partial charge is 0.494 e. The van der Waals surface area contributed by atoms with Gasteiger partial charge in [0.15, 0.2) is 0 Å². The van der Waals surface area contributed by atoms with Crippen molar-refractivity contribution in [2.45, 2.75) is 39.5 Å². The predicted octanol–water partition coefficient (Wildman–Crippen LogP) is 5.83. The van der Waals surface area contributed by atoms with Crippen LogP contribution in [0.3, 0.4) is 0 Å². The van der Waals surface area contributed by atoms with E-state index in [4.69, 9.17) is 4.74 Å². The molecule has 2 aromatic carbocycles. The van der Waals surface area contributed by atoms with Gasteiger partial charge in [0.1, 0.15) is 5.75 Å². The molecule has 0 saturated heterocycles. The molecule has 0 N–H and O–H groups in total. The maximum absolute atomic E-state index is 5.82. The third-order valence-electron chi connectivity index (χ3n) is 3.57. The van der Waals surface area contributed by atoms with E-state index in [0.717, 1.165) is 24.4 Å². The lowest BCUT2D eigenvalue weighted by molar-refractivity contribution is 0.305. The molecule has 1 nitrogen and oxygen atoms in total. The molecule has 0 fully saturated rings. The Labute approximate surface area is 122 Å². The number of benzene rings is 2. The average Bonchev–Trinajstić information content (AvgIpc) is 2.46. The second-order valence-corrected chi connectivity index (χ2v) is 5.41. The highest BCUT2D eigenvalue weighted by Gasteiger charge is 2.00. The van der Waals surface area contributed by atoms with Crippen molar-refractivity contribution in [3.8, 4) is 5.75 Å². The number of allylic oxidation sites excluding steroid dienone is 1. The Bertz CT molecular complexity index is 583. The molecule has 0 saturated carbocycles. The molecule has 0 atom stereocenters. The summed E-state index contributed by atoms with van der Waals surface area (Å²) in [6.07, 6.45) is 4.96. The van der Waals surface area contributed by atoms with Crippen molar-refractivity contribution in [1.29, 1.82) is 0 Å². The van der Waals surface area contributed by atoms with Crippen LogP contribution in [0.4, 0.5) is 0 Å². The fraction of sp³-hybridized carbons (Fsp3) is 0.368. The Morgan fingerprint density at radius 2 is 1.75 bits per heavy atom. The van der Waals surface area contributed by atoms with Gasteiger partial charge >= 0.3 is 0 Å². The van der Waals surface area contributed by atoms with Gasteiger partial charge in [0.2, 0.25) is 0 Å². The fourth-order valence-electron chi connectivity index (χ4n) is 2.30. The molecular weight excluding hydrogens is 244 g/mol. The van der Waals surface area contributed by atoms with Gasteiger partial charge in [-0.25, -0.2) is 0 Å². The molecule has 0 bridgehead atoms. The number of hydrogen-bond donors (Lipinski definition) is 0. The molecule has 2 rings (SSSR count). The zero-order valence-electron chi connectivity index (χ0n) is 12.6. The molecule has 0 aliphatic heterocycles. The Hall–Kier alpha value is -1.76. The smallest absolute Gasteiger partial charge is 0.119 e. The van der Waals surface area contributed by atoms with E-state index in [0.29, 0.717) is 0 Å². The van der Waals surface area contributed by atoms with Crippen molar-refractivity contribution in [3.05, 3.63) is 48.5 Å². The summed E-state index contributed by atoms with van der Waals surface area (Å²) in [6.45, 7) is 9.07. The summed E-state index contributed by atoms with van der Waals surface area (Å²) in [5.74, 6) is 0.970. The normalized spacial score (nSPS) is 10.7. The minimum atomic E-state index is 0.815. The van der Waals surface area contributed by atoms with E-state index in [9.17, 15) is 0 Å². The van der Waals surface area contributed by atoms with Gasteiger partial charge in [-0.05, 0) is 47.9 Å². The molecule has 0 unspecified atom stereocenters. The van der Waals surface area contributed by atoms with Crippen LogP contribution in [0.25, 0.3) is 16.3 Å². The maximum atomic E-state index is 5.82. The summed E-state index contributed by atoms with van der Waals surface area (Å²) in [5, 5.41) is 2.46. The second-order valence-electron chi connectivity index (χ2n) is 5.41. The van der Waals surface area contributed by atoms with Crippen LogP contribution in [0.15, 0.2) is 43.0 Å². The molecule has 20 heavy (non-hydrogen) atoms. The molecule has 0 heterocycles. The lowest BCUT2D eigenvalue weighted by atomic mass is 10.0. The van der Waals surface area contributed by atoms with Gasteiger partial charge in [-0.15, -0.1) is 0 Å². The number of unbranched alkanes of at least 4 members (excludes halogenated alkanes) is 3. The second kappa shape index (κ2) is 7.14. The first kappa shape index (κ1) is 14.6. The molecule has 0 radical (unpaired) electrons. The van der Waals surface area contributed by atoms with Crippen LogP contribution >= 0.6 is 0 Å². The van der Waals surface area contributed by atoms with Crippen molar-refractivity contribution in [3.63, 3.8) is 0 Å². The number of rotatable bonds is 7. The topological polar surface area (TPSA) is 9.23 Å². The summed E-state index contributed by atoms with van der Waals surface area (Å²) in [6, 6.07) is 12.8. The lowest BCUT2D eigenvalue weighted by Gasteiger charge is -2.08. The van der Waals surface area contributed by atoms with Crippen LogP contribution in [-0.4, -0.2) is 6.61 Å². The van der Waals surface area contributed by atoms with Gasteiger partial charge in [0.25, 0.3) is 0 Å². The zero-order chi connectivity index (χ0) is 14.4. The third kappa shape index (κ3) is 3.86. The van der Waals surface area contributed by atoms with E-state index < -0.39 is 0 Å². The molecule has 106 valence electrons. The highest BCUT2D eigenvalue weighted by molar-refractivity contribution is 5.87. The monoisotopic (exact) mass is 268 g/mol. The lowest BCUT2D eigenvalue weighted by Crippen LogP contribution is -1.97. The molecule has 0 amide bonds. The van der Waals surface area contributed by atoms with Gasteiger partial charge in [-0.3, -0.25) is 0 Å². The van der Waals surface area contributed by atoms with Gasteiger partial charge in [0, 0.05) is 0 Å². The molecular formula is C19H24O. The maximum Gasteiger partial charge on any atom is 0.119 e. The minimum absolute atomic E-state index is 0.815. The van der Waals surface area contributed by atoms with Crippen molar-refractivity contribution >= 4 is 16.3 Å². The van der Waals surface area contributed by atoms with Crippen LogP contribution in [-0.2, 0) is 0 Å². The Balaban J connectivity index is 2.02. The predicted molar refractivity (Wildman–Crippen MR) is 88.3 cm³/mol. The quantitative estimate of drug-likeness (QED) is 0.574. The van der Waals surface area contributed by atoms with E-state index in [2.05, 4.69) is 49.9 Å². The molecule has 0 spiro atoms. The summed E-state index contributed by atoms with van der Waals surface area (Å²) in [7, 11) is 0. The van der Waals surface area contributed by atoms with Crippen molar-refractivity contribution < 1.29 is 4.74 Å². The van der Waals surface area contributed by atoms with Gasteiger partial charge in [0.05, 0.1) is 6.61 Å². The van der Waals surface area contributed by atoms with Crippen LogP contribution in [0, 0.1) is 0 Å². The third-order valence-corrected chi connectivity index (χ3v) is 3.57. The van der Waals surface area contributed by atoms with Crippen LogP contribution in [0.5, 0.6) is 5.75 Å². The van der Waals surface area contributed by atoms with E-state index >= 15 is 0 Å². The Morgan fingerprint density at radius 1 is 1.00 bits per heavy atom. The highest BCUT2D eigenvalue weighted by atomic mass is 16.5. The van der Waals surface area contributed by atoms with Crippen molar-refractivity contribution in [1.82, 2.24) is 0 Å². The van der Waals surface area contributed by atoms with E-state index in [1.54, 1.807) is 0 Å². The highest BCUT2D eigenvalue weighted by Crippen LogP contribution is 2.24. The summed E-state index contributed by atoms with van der Waals surface area (Å²) < 4.78 is 5.82. The van der Waals surface area contributed by atoms with Gasteiger partial charge in [-0.2, -0.15) is 0 Å². The molecule has 2 aromatic rings. The first-order chi connectivity index (χ1) is 9.70. The molecule has 0 aliphatic carbocycles. The Morgan fingerprint density at radius 3 is 2.50 bits per heavy atom. The SMILES string of the molecule is C=C(C)c1ccc2cc(OCCCCCC)ccc2c1. The van der Waals surface area contributed by atoms with E-state index in [1.165, 1.54) is 35.6 Å². The number of hydrogen-bond acceptors (Lipinski definition) is 1. The number of fused-ring (bicyclic) bond motifs is 1. The van der Waals surface area contributed by atoms with Gasteiger partial charge in [-0.1, -0.05) is 56.5 Å². The minimum Gasteiger partial charge on any atom is -0.494 e. The summed E-state index contributed by atoms with van der Waals surface area (Å²) in [5.41, 5.74) is 2.30. The summed E-state index contributed by atoms with van der Waals surface area (Å²) in [4.78, 5) is 0. The molecule has 0 aromatic heterocycles.